The van der Waals surface area contributed by atoms with Crippen LogP contribution in [0.15, 0.2) is 47.3 Å². The summed E-state index contributed by atoms with van der Waals surface area (Å²) in [6.07, 6.45) is -0.186. The summed E-state index contributed by atoms with van der Waals surface area (Å²) in [5.74, 6) is -1.49. The van der Waals surface area contributed by atoms with Crippen molar-refractivity contribution in [3.05, 3.63) is 63.9 Å². The molecule has 0 unspecified atom stereocenters. The van der Waals surface area contributed by atoms with Gasteiger partial charge in [-0.15, -0.1) is 5.10 Å². The first-order valence-corrected chi connectivity index (χ1v) is 9.50. The fourth-order valence-electron chi connectivity index (χ4n) is 2.79. The molecular formula is C21H21N5O5. The highest BCUT2D eigenvalue weighted by Crippen LogP contribution is 2.17. The highest BCUT2D eigenvalue weighted by molar-refractivity contribution is 6.02. The van der Waals surface area contributed by atoms with Gasteiger partial charge in [-0.2, -0.15) is 0 Å². The van der Waals surface area contributed by atoms with Crippen molar-refractivity contribution in [2.75, 3.05) is 11.9 Å². The lowest BCUT2D eigenvalue weighted by molar-refractivity contribution is -0.148. The smallest absolute Gasteiger partial charge is 0.325 e. The number of amides is 3. The van der Waals surface area contributed by atoms with Crippen molar-refractivity contribution in [3.8, 4) is 0 Å². The molecule has 160 valence electrons. The van der Waals surface area contributed by atoms with Crippen LogP contribution < -0.4 is 16.2 Å². The first-order chi connectivity index (χ1) is 14.8. The minimum Gasteiger partial charge on any atom is -0.456 e. The molecular weight excluding hydrogens is 402 g/mol. The van der Waals surface area contributed by atoms with E-state index in [1.807, 2.05) is 19.9 Å². The van der Waals surface area contributed by atoms with Crippen molar-refractivity contribution >= 4 is 34.5 Å². The molecule has 0 aliphatic rings. The number of nitrogens with zero attached hydrogens (tertiary/aromatic N) is 3. The van der Waals surface area contributed by atoms with E-state index < -0.39 is 24.5 Å². The lowest BCUT2D eigenvalue weighted by Gasteiger charge is -2.11. The zero-order valence-corrected chi connectivity index (χ0v) is 17.0. The number of ether oxygens (including phenoxy) is 1. The van der Waals surface area contributed by atoms with Crippen LogP contribution in [0.5, 0.6) is 0 Å². The normalized spacial score (nSPS) is 10.5. The number of carbonyl (C=O) groups excluding carboxylic acids is 3. The lowest BCUT2D eigenvalue weighted by atomic mass is 10.1. The van der Waals surface area contributed by atoms with Gasteiger partial charge in [0.1, 0.15) is 5.52 Å². The highest BCUT2D eigenvalue weighted by Gasteiger charge is 2.13. The van der Waals surface area contributed by atoms with Gasteiger partial charge in [0.15, 0.2) is 6.61 Å². The van der Waals surface area contributed by atoms with Crippen LogP contribution in [0.4, 0.5) is 10.5 Å². The summed E-state index contributed by atoms with van der Waals surface area (Å²) >= 11 is 0. The average Bonchev–Trinajstić information content (AvgIpc) is 2.75. The third-order valence-electron chi connectivity index (χ3n) is 4.63. The van der Waals surface area contributed by atoms with E-state index >= 15 is 0 Å². The monoisotopic (exact) mass is 423 g/mol. The van der Waals surface area contributed by atoms with Crippen LogP contribution >= 0.6 is 0 Å². The van der Waals surface area contributed by atoms with Gasteiger partial charge in [-0.1, -0.05) is 29.5 Å². The van der Waals surface area contributed by atoms with Gasteiger partial charge in [-0.25, -0.2) is 9.48 Å². The molecule has 0 fully saturated rings. The number of nitrogens with one attached hydrogen (secondary N) is 2. The number of carbonyl (C=O) groups is 3. The Morgan fingerprint density at radius 2 is 1.84 bits per heavy atom. The Labute approximate surface area is 177 Å². The first-order valence-electron chi connectivity index (χ1n) is 9.50. The summed E-state index contributed by atoms with van der Waals surface area (Å²) in [7, 11) is 0. The topological polar surface area (TPSA) is 132 Å². The van der Waals surface area contributed by atoms with Crippen LogP contribution in [-0.4, -0.2) is 39.5 Å². The van der Waals surface area contributed by atoms with Gasteiger partial charge in [0, 0.05) is 5.69 Å². The molecule has 3 rings (SSSR count). The van der Waals surface area contributed by atoms with Crippen molar-refractivity contribution < 1.29 is 19.1 Å². The van der Waals surface area contributed by atoms with Gasteiger partial charge in [-0.3, -0.25) is 19.7 Å². The van der Waals surface area contributed by atoms with Gasteiger partial charge >= 0.3 is 12.0 Å². The van der Waals surface area contributed by atoms with Gasteiger partial charge < -0.3 is 10.1 Å². The summed E-state index contributed by atoms with van der Waals surface area (Å²) in [6.45, 7) is 3.07. The molecule has 3 amide bonds. The maximum Gasteiger partial charge on any atom is 0.325 e. The molecule has 2 aromatic carbocycles. The van der Waals surface area contributed by atoms with E-state index in [1.165, 1.54) is 0 Å². The fraction of sp³-hybridized carbons (Fsp3) is 0.238. The van der Waals surface area contributed by atoms with E-state index in [-0.39, 0.29) is 18.5 Å². The van der Waals surface area contributed by atoms with E-state index in [1.54, 1.807) is 36.4 Å². The van der Waals surface area contributed by atoms with Gasteiger partial charge in [0.2, 0.25) is 0 Å². The number of hydrogen-bond acceptors (Lipinski definition) is 7. The molecule has 0 aliphatic carbocycles. The summed E-state index contributed by atoms with van der Waals surface area (Å²) in [5.41, 5.74) is 2.53. The number of rotatable bonds is 6. The first kappa shape index (κ1) is 21.6. The minimum absolute atomic E-state index is 0.0513. The second kappa shape index (κ2) is 9.61. The quantitative estimate of drug-likeness (QED) is 0.577. The molecule has 3 aromatic rings. The number of aromatic nitrogens is 3. The third-order valence-corrected chi connectivity index (χ3v) is 4.63. The molecule has 1 aromatic heterocycles. The van der Waals surface area contributed by atoms with E-state index in [0.29, 0.717) is 16.6 Å². The van der Waals surface area contributed by atoms with Crippen molar-refractivity contribution in [1.82, 2.24) is 20.3 Å². The number of benzene rings is 2. The molecule has 0 aliphatic heterocycles. The maximum absolute atomic E-state index is 12.3. The van der Waals surface area contributed by atoms with Crippen molar-refractivity contribution in [3.63, 3.8) is 0 Å². The maximum atomic E-state index is 12.3. The standard InChI is InChI=1S/C21H21N5O5/c1-13-6-5-9-16(14(13)2)22-21(30)23-18(27)12-31-19(28)10-11-26-20(29)15-7-3-4-8-17(15)24-25-26/h3-9H,10-12H2,1-2H3,(H2,22,23,27,30). The Balaban J connectivity index is 1.45. The predicted molar refractivity (Wildman–Crippen MR) is 112 cm³/mol. The molecule has 1 heterocycles. The molecule has 0 radical (unpaired) electrons. The van der Waals surface area contributed by atoms with Gasteiger partial charge in [-0.05, 0) is 43.2 Å². The zero-order valence-electron chi connectivity index (χ0n) is 17.0. The van der Waals surface area contributed by atoms with Crippen LogP contribution in [0.25, 0.3) is 10.9 Å². The zero-order chi connectivity index (χ0) is 22.4. The molecule has 0 spiro atoms. The Hall–Kier alpha value is -4.08. The summed E-state index contributed by atoms with van der Waals surface area (Å²) in [4.78, 5) is 48.0. The van der Waals surface area contributed by atoms with Crippen LogP contribution in [0.3, 0.4) is 0 Å². The molecule has 0 saturated carbocycles. The highest BCUT2D eigenvalue weighted by atomic mass is 16.5. The van der Waals surface area contributed by atoms with E-state index in [4.69, 9.17) is 4.74 Å². The van der Waals surface area contributed by atoms with Gasteiger partial charge in [0.25, 0.3) is 11.5 Å². The van der Waals surface area contributed by atoms with Crippen molar-refractivity contribution in [1.29, 1.82) is 0 Å². The fourth-order valence-corrected chi connectivity index (χ4v) is 2.79. The Bertz CT molecular complexity index is 1200. The molecule has 0 atom stereocenters. The second-order valence-corrected chi connectivity index (χ2v) is 6.80. The average molecular weight is 423 g/mol. The molecule has 10 nitrogen and oxygen atoms in total. The Morgan fingerprint density at radius 1 is 1.06 bits per heavy atom. The predicted octanol–water partition coefficient (Wildman–Crippen LogP) is 1.69. The number of imide groups is 1. The molecule has 2 N–H and O–H groups in total. The summed E-state index contributed by atoms with van der Waals surface area (Å²) in [5, 5.41) is 12.8. The van der Waals surface area contributed by atoms with Crippen molar-refractivity contribution in [2.24, 2.45) is 0 Å². The summed E-state index contributed by atoms with van der Waals surface area (Å²) in [6, 6.07) is 11.4. The lowest BCUT2D eigenvalue weighted by Crippen LogP contribution is -2.37. The SMILES string of the molecule is Cc1cccc(NC(=O)NC(=O)COC(=O)CCn2nnc3ccccc3c2=O)c1C. The number of esters is 1. The van der Waals surface area contributed by atoms with Gasteiger partial charge in [0.05, 0.1) is 18.4 Å². The third kappa shape index (κ3) is 5.50. The van der Waals surface area contributed by atoms with Crippen LogP contribution in [-0.2, 0) is 20.9 Å². The van der Waals surface area contributed by atoms with Crippen LogP contribution in [0.1, 0.15) is 17.5 Å². The van der Waals surface area contributed by atoms with Crippen molar-refractivity contribution in [2.45, 2.75) is 26.8 Å². The Morgan fingerprint density at radius 3 is 2.65 bits per heavy atom. The minimum atomic E-state index is -0.779. The van der Waals surface area contributed by atoms with E-state index in [2.05, 4.69) is 20.9 Å². The molecule has 10 heteroatoms. The number of hydrogen-bond donors (Lipinski definition) is 2. The molecule has 0 saturated heterocycles. The van der Waals surface area contributed by atoms with Crippen LogP contribution in [0, 0.1) is 13.8 Å². The number of aryl methyl sites for hydroxylation is 2. The number of fused-ring (bicyclic) bond motifs is 1. The summed E-state index contributed by atoms with van der Waals surface area (Å²) < 4.78 is 5.91. The van der Waals surface area contributed by atoms with E-state index in [0.717, 1.165) is 15.8 Å². The van der Waals surface area contributed by atoms with Crippen LogP contribution in [0.2, 0.25) is 0 Å². The Kier molecular flexibility index (Phi) is 6.71. The molecule has 0 bridgehead atoms. The molecule has 31 heavy (non-hydrogen) atoms. The second-order valence-electron chi connectivity index (χ2n) is 6.80. The largest absolute Gasteiger partial charge is 0.456 e. The number of anilines is 1. The number of urea groups is 1. The van der Waals surface area contributed by atoms with E-state index in [9.17, 15) is 19.2 Å².